The molecule has 0 saturated heterocycles. The highest BCUT2D eigenvalue weighted by Crippen LogP contribution is 2.11. The van der Waals surface area contributed by atoms with Crippen LogP contribution in [0.4, 0.5) is 0 Å². The topological polar surface area (TPSA) is 92.7 Å². The molecule has 0 bridgehead atoms. The van der Waals surface area contributed by atoms with E-state index in [0.717, 1.165) is 0 Å². The number of nitrogens with one attached hydrogen (secondary N) is 1. The molecule has 1 aromatic rings. The van der Waals surface area contributed by atoms with Crippen molar-refractivity contribution in [1.29, 1.82) is 0 Å². The number of ether oxygens (including phenoxy) is 1. The zero-order valence-corrected chi connectivity index (χ0v) is 11.6. The molecule has 1 atom stereocenters. The maximum Gasteiger partial charge on any atom is 0.309 e. The van der Waals surface area contributed by atoms with E-state index in [0.29, 0.717) is 5.56 Å². The van der Waals surface area contributed by atoms with Gasteiger partial charge in [-0.1, -0.05) is 12.1 Å². The molecule has 106 valence electrons. The van der Waals surface area contributed by atoms with E-state index in [-0.39, 0.29) is 23.9 Å². The Morgan fingerprint density at radius 3 is 2.42 bits per heavy atom. The first-order valence-electron chi connectivity index (χ1n) is 5.68. The van der Waals surface area contributed by atoms with Crippen LogP contribution in [0, 0.1) is 0 Å². The normalized spacial score (nSPS) is 13.0. The number of aliphatic hydroxyl groups excluding tert-OH is 1. The fourth-order valence-electron chi connectivity index (χ4n) is 1.40. The van der Waals surface area contributed by atoms with Crippen molar-refractivity contribution in [2.75, 3.05) is 13.7 Å². The first kappa shape index (κ1) is 15.6. The lowest BCUT2D eigenvalue weighted by molar-refractivity contribution is -0.139. The molecule has 0 amide bonds. The predicted octanol–water partition coefficient (Wildman–Crippen LogP) is 0.0612. The number of sulfonamides is 1. The Balaban J connectivity index is 2.83. The highest BCUT2D eigenvalue weighted by atomic mass is 32.2. The maximum atomic E-state index is 11.9. The van der Waals surface area contributed by atoms with E-state index in [1.54, 1.807) is 19.1 Å². The van der Waals surface area contributed by atoms with Crippen molar-refractivity contribution in [2.45, 2.75) is 24.3 Å². The predicted molar refractivity (Wildman–Crippen MR) is 69.0 cm³/mol. The minimum absolute atomic E-state index is 0.0846. The van der Waals surface area contributed by atoms with Crippen LogP contribution in [0.2, 0.25) is 0 Å². The van der Waals surface area contributed by atoms with Crippen LogP contribution in [-0.2, 0) is 26.0 Å². The number of hydrogen-bond donors (Lipinski definition) is 2. The molecule has 1 rings (SSSR count). The fourth-order valence-corrected chi connectivity index (χ4v) is 2.63. The number of carbonyl (C=O) groups excluding carboxylic acids is 1. The van der Waals surface area contributed by atoms with E-state index >= 15 is 0 Å². The maximum absolute atomic E-state index is 11.9. The molecule has 19 heavy (non-hydrogen) atoms. The van der Waals surface area contributed by atoms with Gasteiger partial charge in [-0.3, -0.25) is 4.79 Å². The zero-order valence-electron chi connectivity index (χ0n) is 10.8. The summed E-state index contributed by atoms with van der Waals surface area (Å²) in [5.41, 5.74) is 0.668. The molecule has 0 aliphatic carbocycles. The van der Waals surface area contributed by atoms with E-state index < -0.39 is 16.1 Å². The van der Waals surface area contributed by atoms with Crippen LogP contribution in [-0.4, -0.2) is 39.3 Å². The van der Waals surface area contributed by atoms with Crippen molar-refractivity contribution < 1.29 is 23.1 Å². The van der Waals surface area contributed by atoms with Gasteiger partial charge in [-0.25, -0.2) is 13.1 Å². The Morgan fingerprint density at radius 2 is 1.95 bits per heavy atom. The third-order valence-electron chi connectivity index (χ3n) is 2.44. The number of carbonyl (C=O) groups is 1. The highest BCUT2D eigenvalue weighted by molar-refractivity contribution is 7.89. The van der Waals surface area contributed by atoms with Gasteiger partial charge >= 0.3 is 5.97 Å². The van der Waals surface area contributed by atoms with Crippen LogP contribution in [0.5, 0.6) is 0 Å². The molecule has 0 aliphatic heterocycles. The van der Waals surface area contributed by atoms with Crippen LogP contribution < -0.4 is 4.72 Å². The average molecular weight is 287 g/mol. The summed E-state index contributed by atoms with van der Waals surface area (Å²) in [7, 11) is -2.36. The van der Waals surface area contributed by atoms with Gasteiger partial charge in [-0.05, 0) is 24.6 Å². The summed E-state index contributed by atoms with van der Waals surface area (Å²) in [6.07, 6.45) is 0.0945. The third kappa shape index (κ3) is 4.62. The first-order chi connectivity index (χ1) is 8.89. The Labute approximate surface area is 112 Å². The molecule has 0 unspecified atom stereocenters. The van der Waals surface area contributed by atoms with Gasteiger partial charge in [-0.2, -0.15) is 0 Å². The Kier molecular flexibility index (Phi) is 5.46. The van der Waals surface area contributed by atoms with Crippen molar-refractivity contribution in [1.82, 2.24) is 4.72 Å². The van der Waals surface area contributed by atoms with Crippen molar-refractivity contribution in [2.24, 2.45) is 0 Å². The third-order valence-corrected chi connectivity index (χ3v) is 4.05. The second-order valence-electron chi connectivity index (χ2n) is 4.10. The summed E-state index contributed by atoms with van der Waals surface area (Å²) in [5.74, 6) is -0.386. The van der Waals surface area contributed by atoms with Crippen molar-refractivity contribution in [3.63, 3.8) is 0 Å². The Hall–Kier alpha value is -1.44. The summed E-state index contributed by atoms with van der Waals surface area (Å²) >= 11 is 0. The van der Waals surface area contributed by atoms with Crippen LogP contribution in [0.3, 0.4) is 0 Å². The van der Waals surface area contributed by atoms with E-state index in [1.165, 1.54) is 19.2 Å². The van der Waals surface area contributed by atoms with Crippen molar-refractivity contribution >= 4 is 16.0 Å². The van der Waals surface area contributed by atoms with Gasteiger partial charge < -0.3 is 9.84 Å². The quantitative estimate of drug-likeness (QED) is 0.722. The average Bonchev–Trinajstić information content (AvgIpc) is 2.38. The van der Waals surface area contributed by atoms with E-state index in [4.69, 9.17) is 5.11 Å². The Bertz CT molecular complexity index is 524. The van der Waals surface area contributed by atoms with Gasteiger partial charge in [0.05, 0.1) is 25.0 Å². The summed E-state index contributed by atoms with van der Waals surface area (Å²) in [5, 5.41) is 8.84. The Morgan fingerprint density at radius 1 is 1.37 bits per heavy atom. The number of hydrogen-bond acceptors (Lipinski definition) is 5. The van der Waals surface area contributed by atoms with Crippen LogP contribution in [0.25, 0.3) is 0 Å². The molecular weight excluding hydrogens is 270 g/mol. The van der Waals surface area contributed by atoms with Crippen molar-refractivity contribution in [3.05, 3.63) is 29.8 Å². The van der Waals surface area contributed by atoms with Crippen molar-refractivity contribution in [3.8, 4) is 0 Å². The number of benzene rings is 1. The van der Waals surface area contributed by atoms with Gasteiger partial charge in [0.1, 0.15) is 0 Å². The molecule has 7 heteroatoms. The molecule has 6 nitrogen and oxygen atoms in total. The van der Waals surface area contributed by atoms with Crippen LogP contribution in [0.15, 0.2) is 29.2 Å². The number of rotatable bonds is 6. The largest absolute Gasteiger partial charge is 0.469 e. The minimum atomic E-state index is -3.65. The van der Waals surface area contributed by atoms with Gasteiger partial charge in [0, 0.05) is 6.04 Å². The van der Waals surface area contributed by atoms with E-state index in [9.17, 15) is 13.2 Å². The summed E-state index contributed by atoms with van der Waals surface area (Å²) in [6.45, 7) is 1.28. The number of esters is 1. The van der Waals surface area contributed by atoms with E-state index in [2.05, 4.69) is 9.46 Å². The molecule has 0 aromatic heterocycles. The molecule has 0 fully saturated rings. The van der Waals surface area contributed by atoms with Crippen LogP contribution in [0.1, 0.15) is 12.5 Å². The molecule has 1 aromatic carbocycles. The molecular formula is C12H17NO5S. The number of methoxy groups -OCH3 is 1. The van der Waals surface area contributed by atoms with Gasteiger partial charge in [0.2, 0.25) is 10.0 Å². The monoisotopic (exact) mass is 287 g/mol. The smallest absolute Gasteiger partial charge is 0.309 e. The lowest BCUT2D eigenvalue weighted by Gasteiger charge is -2.11. The summed E-state index contributed by atoms with van der Waals surface area (Å²) in [4.78, 5) is 11.2. The molecule has 0 radical (unpaired) electrons. The number of aliphatic hydroxyl groups is 1. The minimum Gasteiger partial charge on any atom is -0.469 e. The second kappa shape index (κ2) is 6.65. The lowest BCUT2D eigenvalue weighted by atomic mass is 10.2. The first-order valence-corrected chi connectivity index (χ1v) is 7.16. The summed E-state index contributed by atoms with van der Waals surface area (Å²) < 4.78 is 30.6. The molecule has 0 spiro atoms. The summed E-state index contributed by atoms with van der Waals surface area (Å²) in [6, 6.07) is 5.36. The zero-order chi connectivity index (χ0) is 14.5. The van der Waals surface area contributed by atoms with E-state index in [1.807, 2.05) is 0 Å². The highest BCUT2D eigenvalue weighted by Gasteiger charge is 2.16. The molecule has 0 saturated carbocycles. The van der Waals surface area contributed by atoms with Gasteiger partial charge in [0.15, 0.2) is 0 Å². The molecule has 0 aliphatic rings. The molecule has 0 heterocycles. The second-order valence-corrected chi connectivity index (χ2v) is 5.82. The molecule has 2 N–H and O–H groups in total. The SMILES string of the molecule is COC(=O)Cc1ccc(S(=O)(=O)N[C@H](C)CO)cc1. The van der Waals surface area contributed by atoms with Gasteiger partial charge in [-0.15, -0.1) is 0 Å². The lowest BCUT2D eigenvalue weighted by Crippen LogP contribution is -2.34. The fraction of sp³-hybridized carbons (Fsp3) is 0.417. The standard InChI is InChI=1S/C12H17NO5S/c1-9(8-14)13-19(16,17)11-5-3-10(4-6-11)7-12(15)18-2/h3-6,9,13-14H,7-8H2,1-2H3/t9-/m1/s1. The van der Waals surface area contributed by atoms with Crippen LogP contribution >= 0.6 is 0 Å². The van der Waals surface area contributed by atoms with Gasteiger partial charge in [0.25, 0.3) is 0 Å².